The summed E-state index contributed by atoms with van der Waals surface area (Å²) in [6, 6.07) is 21.4. The first-order valence-corrected chi connectivity index (χ1v) is 18.3. The Hall–Kier alpha value is -4.91. The zero-order valence-corrected chi connectivity index (χ0v) is 29.3. The van der Waals surface area contributed by atoms with Crippen LogP contribution in [0, 0.1) is 11.8 Å². The van der Waals surface area contributed by atoms with E-state index in [-0.39, 0.29) is 36.0 Å². The number of pyridine rings is 1. The summed E-state index contributed by atoms with van der Waals surface area (Å²) in [5.74, 6) is 1.54. The smallest absolute Gasteiger partial charge is 0.407 e. The molecule has 0 radical (unpaired) electrons. The first-order valence-electron chi connectivity index (χ1n) is 18.3. The second-order valence-electron chi connectivity index (χ2n) is 14.3. The number of piperidine rings is 4. The highest BCUT2D eigenvalue weighted by atomic mass is 16.6. The molecule has 12 heteroatoms. The van der Waals surface area contributed by atoms with Crippen LogP contribution < -0.4 is 20.9 Å². The quantitative estimate of drug-likeness (QED) is 0.145. The maximum atomic E-state index is 13.3. The number of carbonyl (C=O) groups is 2. The fraction of sp³-hybridized carbons (Fsp3) is 0.425. The van der Waals surface area contributed by atoms with Gasteiger partial charge in [0.15, 0.2) is 0 Å². The maximum absolute atomic E-state index is 13.3. The first-order chi connectivity index (χ1) is 25.3. The number of H-pyrrole nitrogens is 1. The van der Waals surface area contributed by atoms with Gasteiger partial charge in [0.25, 0.3) is 5.91 Å². The van der Waals surface area contributed by atoms with Gasteiger partial charge in [-0.1, -0.05) is 30.3 Å². The Morgan fingerprint density at radius 2 is 1.69 bits per heavy atom. The van der Waals surface area contributed by atoms with E-state index in [4.69, 9.17) is 9.47 Å². The summed E-state index contributed by atoms with van der Waals surface area (Å²) in [7, 11) is 0. The summed E-state index contributed by atoms with van der Waals surface area (Å²) >= 11 is 0. The summed E-state index contributed by atoms with van der Waals surface area (Å²) in [6.45, 7) is 6.09. The Balaban J connectivity index is 0.813. The van der Waals surface area contributed by atoms with Crippen molar-refractivity contribution in [1.29, 1.82) is 0 Å². The van der Waals surface area contributed by atoms with E-state index < -0.39 is 6.10 Å². The number of rotatable bonds is 12. The number of alkyl carbamates (subject to hydrolysis) is 1. The van der Waals surface area contributed by atoms with E-state index in [1.54, 1.807) is 12.1 Å². The summed E-state index contributed by atoms with van der Waals surface area (Å²) < 4.78 is 11.9. The number of ether oxygens (including phenoxy) is 2. The molecule has 5 N–H and O–H groups in total. The molecule has 274 valence electrons. The SMILES string of the molecule is O=C(NCc1cccc(OCC2CCN(C(=O)c3ccc(CNCC(O)c4ccc(O)c5[nH]c(=O)ccc45)cc3)CC2)c1)OC1CN2CCC1CC2. The van der Waals surface area contributed by atoms with Gasteiger partial charge in [0.2, 0.25) is 5.56 Å². The largest absolute Gasteiger partial charge is 0.506 e. The highest BCUT2D eigenvalue weighted by Crippen LogP contribution is 2.30. The van der Waals surface area contributed by atoms with Crippen molar-refractivity contribution >= 4 is 22.9 Å². The Morgan fingerprint density at radius 1 is 0.904 bits per heavy atom. The Labute approximate surface area is 302 Å². The van der Waals surface area contributed by atoms with E-state index in [2.05, 4.69) is 20.5 Å². The standard InChI is InChI=1S/C40H47N5O7/c46-34-10-8-32(33-9-11-37(48)43-38(33)34)35(47)23-41-21-26-4-6-30(7-5-26)39(49)45-18-12-27(13-19-45)25-51-31-3-1-2-28(20-31)22-42-40(50)52-36-24-44-16-14-29(36)15-17-44/h1-11,20,27,29,35-36,41,46-47H,12-19,21-25H2,(H,42,50)(H,43,48). The van der Waals surface area contributed by atoms with Crippen LogP contribution in [0.25, 0.3) is 10.9 Å². The molecule has 4 saturated heterocycles. The molecule has 52 heavy (non-hydrogen) atoms. The number of amides is 2. The van der Waals surface area contributed by atoms with Crippen molar-refractivity contribution in [1.82, 2.24) is 25.4 Å². The zero-order chi connectivity index (χ0) is 36.0. The minimum atomic E-state index is -0.854. The summed E-state index contributed by atoms with van der Waals surface area (Å²) in [4.78, 5) is 44.3. The van der Waals surface area contributed by atoms with Crippen molar-refractivity contribution in [2.45, 2.75) is 51.0 Å². The van der Waals surface area contributed by atoms with Gasteiger partial charge in [-0.3, -0.25) is 14.5 Å². The number of nitrogens with one attached hydrogen (secondary N) is 3. The van der Waals surface area contributed by atoms with Gasteiger partial charge in [0.1, 0.15) is 17.6 Å². The van der Waals surface area contributed by atoms with E-state index in [9.17, 15) is 24.6 Å². The number of hydrogen-bond donors (Lipinski definition) is 5. The highest BCUT2D eigenvalue weighted by Gasteiger charge is 2.36. The number of aliphatic hydroxyl groups is 1. The lowest BCUT2D eigenvalue weighted by molar-refractivity contribution is -0.0332. The van der Waals surface area contributed by atoms with Crippen LogP contribution >= 0.6 is 0 Å². The van der Waals surface area contributed by atoms with Crippen molar-refractivity contribution in [3.05, 3.63) is 105 Å². The van der Waals surface area contributed by atoms with Gasteiger partial charge in [0.05, 0.1) is 18.2 Å². The third kappa shape index (κ3) is 8.58. The van der Waals surface area contributed by atoms with Gasteiger partial charge >= 0.3 is 6.09 Å². The molecule has 0 aliphatic carbocycles. The number of phenols is 1. The van der Waals surface area contributed by atoms with Crippen LogP contribution in [0.2, 0.25) is 0 Å². The molecule has 2 amide bonds. The molecule has 4 fully saturated rings. The van der Waals surface area contributed by atoms with Gasteiger partial charge in [-0.25, -0.2) is 4.79 Å². The van der Waals surface area contributed by atoms with E-state index in [1.165, 1.54) is 12.1 Å². The number of carbonyl (C=O) groups excluding carboxylic acids is 2. The number of aromatic nitrogens is 1. The maximum Gasteiger partial charge on any atom is 0.407 e. The third-order valence-electron chi connectivity index (χ3n) is 10.7. The molecule has 12 nitrogen and oxygen atoms in total. The molecule has 2 unspecified atom stereocenters. The molecule has 5 heterocycles. The third-order valence-corrected chi connectivity index (χ3v) is 10.7. The molecule has 8 rings (SSSR count). The van der Waals surface area contributed by atoms with Gasteiger partial charge < -0.3 is 40.2 Å². The van der Waals surface area contributed by atoms with E-state index in [1.807, 2.05) is 53.4 Å². The molecule has 3 aromatic carbocycles. The molecule has 2 atom stereocenters. The second-order valence-corrected chi connectivity index (χ2v) is 14.3. The van der Waals surface area contributed by atoms with E-state index >= 15 is 0 Å². The minimum absolute atomic E-state index is 0.0128. The summed E-state index contributed by atoms with van der Waals surface area (Å²) in [5.41, 5.74) is 3.14. The van der Waals surface area contributed by atoms with Gasteiger partial charge in [0, 0.05) is 56.3 Å². The molecular weight excluding hydrogens is 662 g/mol. The molecule has 4 aromatic rings. The molecule has 4 aliphatic rings. The lowest BCUT2D eigenvalue weighted by Gasteiger charge is -2.43. The number of benzene rings is 3. The lowest BCUT2D eigenvalue weighted by Crippen LogP contribution is -2.52. The average Bonchev–Trinajstić information content (AvgIpc) is 3.17. The average molecular weight is 710 g/mol. The number of aromatic amines is 1. The topological polar surface area (TPSA) is 156 Å². The van der Waals surface area contributed by atoms with Gasteiger partial charge in [-0.05, 0) is 104 Å². The predicted molar refractivity (Wildman–Crippen MR) is 196 cm³/mol. The Morgan fingerprint density at radius 3 is 2.44 bits per heavy atom. The van der Waals surface area contributed by atoms with Crippen LogP contribution in [-0.2, 0) is 17.8 Å². The molecule has 1 aromatic heterocycles. The number of aliphatic hydroxyl groups excluding tert-OH is 1. The van der Waals surface area contributed by atoms with Crippen molar-refractivity contribution in [3.8, 4) is 11.5 Å². The van der Waals surface area contributed by atoms with Crippen molar-refractivity contribution in [2.75, 3.05) is 45.9 Å². The zero-order valence-electron chi connectivity index (χ0n) is 29.3. The number of likely N-dealkylation sites (tertiary alicyclic amines) is 1. The Kier molecular flexibility index (Phi) is 11.0. The molecule has 2 bridgehead atoms. The van der Waals surface area contributed by atoms with Crippen LogP contribution in [0.4, 0.5) is 4.79 Å². The fourth-order valence-electron chi connectivity index (χ4n) is 7.62. The Bertz CT molecular complexity index is 1920. The fourth-order valence-corrected chi connectivity index (χ4v) is 7.62. The van der Waals surface area contributed by atoms with Crippen molar-refractivity contribution < 1.29 is 29.3 Å². The van der Waals surface area contributed by atoms with Crippen LogP contribution in [0.3, 0.4) is 0 Å². The van der Waals surface area contributed by atoms with Crippen LogP contribution in [0.5, 0.6) is 11.5 Å². The van der Waals surface area contributed by atoms with Crippen molar-refractivity contribution in [3.63, 3.8) is 0 Å². The predicted octanol–water partition coefficient (Wildman–Crippen LogP) is 4.31. The summed E-state index contributed by atoms with van der Waals surface area (Å²) in [6.07, 6.45) is 2.68. The number of hydrogen-bond acceptors (Lipinski definition) is 9. The number of aromatic hydroxyl groups is 1. The highest BCUT2D eigenvalue weighted by molar-refractivity contribution is 5.94. The van der Waals surface area contributed by atoms with Crippen LogP contribution in [0.1, 0.15) is 58.8 Å². The molecular formula is C40H47N5O7. The number of nitrogens with zero attached hydrogens (tertiary/aromatic N) is 2. The normalized spacial score (nSPS) is 20.8. The number of fused-ring (bicyclic) bond motifs is 4. The lowest BCUT2D eigenvalue weighted by atomic mass is 9.86. The van der Waals surface area contributed by atoms with Crippen molar-refractivity contribution in [2.24, 2.45) is 11.8 Å². The first kappa shape index (κ1) is 35.5. The second kappa shape index (κ2) is 16.2. The number of phenolic OH excluding ortho intramolecular Hbond substituents is 1. The van der Waals surface area contributed by atoms with Crippen LogP contribution in [0.15, 0.2) is 77.6 Å². The summed E-state index contributed by atoms with van der Waals surface area (Å²) in [5, 5.41) is 27.7. The van der Waals surface area contributed by atoms with Gasteiger partial charge in [-0.15, -0.1) is 0 Å². The van der Waals surface area contributed by atoms with Crippen LogP contribution in [-0.4, -0.2) is 89.0 Å². The minimum Gasteiger partial charge on any atom is -0.506 e. The molecule has 0 spiro atoms. The van der Waals surface area contributed by atoms with E-state index in [0.717, 1.165) is 62.2 Å². The van der Waals surface area contributed by atoms with Gasteiger partial charge in [-0.2, -0.15) is 0 Å². The molecule has 0 saturated carbocycles. The van der Waals surface area contributed by atoms with E-state index in [0.29, 0.717) is 66.7 Å². The molecule has 4 aliphatic heterocycles. The monoisotopic (exact) mass is 709 g/mol.